The summed E-state index contributed by atoms with van der Waals surface area (Å²) in [4.78, 5) is 5.62. The van der Waals surface area contributed by atoms with Crippen LogP contribution in [0.15, 0.2) is 36.9 Å². The van der Waals surface area contributed by atoms with Gasteiger partial charge in [-0.05, 0) is 25.3 Å². The summed E-state index contributed by atoms with van der Waals surface area (Å²) in [6.07, 6.45) is 3.65. The van der Waals surface area contributed by atoms with Gasteiger partial charge in [0, 0.05) is 18.1 Å². The SMILES string of the molecule is C=CCC[C@@H]1OCC[C@H]2ON[C@](CF)(c3ccccc3F)[C@@H]12. The Morgan fingerprint density at radius 2 is 2.23 bits per heavy atom. The molecule has 2 aliphatic heterocycles. The minimum atomic E-state index is -1.19. The molecule has 0 aromatic heterocycles. The molecule has 0 amide bonds. The maximum Gasteiger partial charge on any atom is 0.128 e. The fraction of sp³-hybridized carbons (Fsp3) is 0.529. The summed E-state index contributed by atoms with van der Waals surface area (Å²) in [5, 5.41) is 0. The molecule has 2 aliphatic rings. The Kier molecular flexibility index (Phi) is 4.57. The third-order valence-corrected chi connectivity index (χ3v) is 4.72. The minimum absolute atomic E-state index is 0.168. The number of fused-ring (bicyclic) bond motifs is 1. The summed E-state index contributed by atoms with van der Waals surface area (Å²) in [5.41, 5.74) is 1.92. The average Bonchev–Trinajstić information content (AvgIpc) is 2.94. The molecule has 2 fully saturated rings. The maximum atomic E-state index is 14.3. The number of allylic oxidation sites excluding steroid dienone is 1. The summed E-state index contributed by atoms with van der Waals surface area (Å²) in [5.74, 6) is -0.687. The van der Waals surface area contributed by atoms with E-state index >= 15 is 0 Å². The molecule has 120 valence electrons. The number of hydrogen-bond acceptors (Lipinski definition) is 3. The Labute approximate surface area is 129 Å². The van der Waals surface area contributed by atoms with Crippen LogP contribution in [-0.4, -0.2) is 25.5 Å². The molecule has 0 spiro atoms. The molecule has 4 atom stereocenters. The Hall–Kier alpha value is -1.30. The lowest BCUT2D eigenvalue weighted by molar-refractivity contribution is -0.0902. The summed E-state index contributed by atoms with van der Waals surface area (Å²) in [6, 6.07) is 6.29. The monoisotopic (exact) mass is 309 g/mol. The zero-order valence-corrected chi connectivity index (χ0v) is 12.4. The second-order valence-corrected chi connectivity index (χ2v) is 5.93. The Bertz CT molecular complexity index is 539. The van der Waals surface area contributed by atoms with Crippen molar-refractivity contribution in [2.45, 2.75) is 37.0 Å². The fourth-order valence-corrected chi connectivity index (χ4v) is 3.66. The van der Waals surface area contributed by atoms with E-state index in [1.807, 2.05) is 6.08 Å². The molecule has 2 saturated heterocycles. The normalized spacial score (nSPS) is 34.4. The Morgan fingerprint density at radius 1 is 1.41 bits per heavy atom. The van der Waals surface area contributed by atoms with Crippen LogP contribution in [0.3, 0.4) is 0 Å². The van der Waals surface area contributed by atoms with Crippen molar-refractivity contribution >= 4 is 0 Å². The maximum absolute atomic E-state index is 14.3. The van der Waals surface area contributed by atoms with Crippen LogP contribution in [0, 0.1) is 11.7 Å². The van der Waals surface area contributed by atoms with Crippen LogP contribution < -0.4 is 5.48 Å². The van der Waals surface area contributed by atoms with E-state index in [2.05, 4.69) is 12.1 Å². The second-order valence-electron chi connectivity index (χ2n) is 5.93. The first-order valence-corrected chi connectivity index (χ1v) is 7.69. The van der Waals surface area contributed by atoms with Crippen molar-refractivity contribution < 1.29 is 18.4 Å². The van der Waals surface area contributed by atoms with Gasteiger partial charge in [-0.3, -0.25) is 4.84 Å². The van der Waals surface area contributed by atoms with E-state index in [9.17, 15) is 8.78 Å². The van der Waals surface area contributed by atoms with Crippen molar-refractivity contribution in [3.8, 4) is 0 Å². The number of rotatable bonds is 5. The van der Waals surface area contributed by atoms with Crippen molar-refractivity contribution in [3.63, 3.8) is 0 Å². The molecule has 2 heterocycles. The highest BCUT2D eigenvalue weighted by atomic mass is 19.1. The highest BCUT2D eigenvalue weighted by molar-refractivity contribution is 5.30. The molecule has 1 aromatic rings. The van der Waals surface area contributed by atoms with Crippen molar-refractivity contribution in [1.82, 2.24) is 5.48 Å². The number of hydrogen-bond donors (Lipinski definition) is 1. The molecule has 0 bridgehead atoms. The summed E-state index contributed by atoms with van der Waals surface area (Å²) < 4.78 is 34.2. The molecule has 0 saturated carbocycles. The van der Waals surface area contributed by atoms with Gasteiger partial charge in [0.15, 0.2) is 0 Å². The van der Waals surface area contributed by atoms with Gasteiger partial charge in [-0.1, -0.05) is 24.3 Å². The third-order valence-electron chi connectivity index (χ3n) is 4.72. The number of alkyl halides is 1. The smallest absolute Gasteiger partial charge is 0.128 e. The van der Waals surface area contributed by atoms with Crippen LogP contribution in [0.5, 0.6) is 0 Å². The molecule has 3 rings (SSSR count). The summed E-state index contributed by atoms with van der Waals surface area (Å²) in [6.45, 7) is 3.55. The second kappa shape index (κ2) is 6.44. The van der Waals surface area contributed by atoms with Crippen molar-refractivity contribution in [2.24, 2.45) is 5.92 Å². The van der Waals surface area contributed by atoms with E-state index in [1.54, 1.807) is 18.2 Å². The molecular formula is C17H21F2NO2. The standard InChI is InChI=1S/C17H21F2NO2/c1-2-3-8-14-16-15(9-10-21-14)22-20-17(16,11-18)12-6-4-5-7-13(12)19/h2,4-7,14-16,20H,1,3,8-11H2/t14-,15+,16-,17+/m0/s1. The van der Waals surface area contributed by atoms with Crippen LogP contribution in [0.2, 0.25) is 0 Å². The zero-order chi connectivity index (χ0) is 15.6. The number of halogens is 2. The van der Waals surface area contributed by atoms with Crippen molar-refractivity contribution in [1.29, 1.82) is 0 Å². The van der Waals surface area contributed by atoms with Gasteiger partial charge >= 0.3 is 0 Å². The molecule has 0 aliphatic carbocycles. The molecule has 1 aromatic carbocycles. The summed E-state index contributed by atoms with van der Waals surface area (Å²) in [7, 11) is 0. The molecule has 0 radical (unpaired) electrons. The molecule has 3 nitrogen and oxygen atoms in total. The van der Waals surface area contributed by atoms with Gasteiger partial charge in [0.2, 0.25) is 0 Å². The predicted octanol–water partition coefficient (Wildman–Crippen LogP) is 3.27. The first kappa shape index (κ1) is 15.6. The van der Waals surface area contributed by atoms with Gasteiger partial charge in [-0.25, -0.2) is 8.78 Å². The number of nitrogens with one attached hydrogen (secondary N) is 1. The largest absolute Gasteiger partial charge is 0.378 e. The minimum Gasteiger partial charge on any atom is -0.378 e. The van der Waals surface area contributed by atoms with Gasteiger partial charge in [0.1, 0.15) is 18.0 Å². The van der Waals surface area contributed by atoms with E-state index < -0.39 is 18.0 Å². The summed E-state index contributed by atoms with van der Waals surface area (Å²) >= 11 is 0. The van der Waals surface area contributed by atoms with Crippen LogP contribution >= 0.6 is 0 Å². The van der Waals surface area contributed by atoms with Crippen LogP contribution in [-0.2, 0) is 15.1 Å². The highest BCUT2D eigenvalue weighted by Crippen LogP contribution is 2.46. The van der Waals surface area contributed by atoms with Gasteiger partial charge in [0.05, 0.1) is 12.2 Å². The van der Waals surface area contributed by atoms with Gasteiger partial charge in [-0.15, -0.1) is 6.58 Å². The first-order valence-electron chi connectivity index (χ1n) is 7.69. The fourth-order valence-electron chi connectivity index (χ4n) is 3.66. The quantitative estimate of drug-likeness (QED) is 0.847. The third kappa shape index (κ3) is 2.47. The van der Waals surface area contributed by atoms with Crippen LogP contribution in [0.4, 0.5) is 8.78 Å². The van der Waals surface area contributed by atoms with Crippen LogP contribution in [0.25, 0.3) is 0 Å². The van der Waals surface area contributed by atoms with Gasteiger partial charge in [-0.2, -0.15) is 5.48 Å². The first-order chi connectivity index (χ1) is 10.7. The predicted molar refractivity (Wildman–Crippen MR) is 79.3 cm³/mol. The van der Waals surface area contributed by atoms with E-state index in [4.69, 9.17) is 9.57 Å². The topological polar surface area (TPSA) is 30.5 Å². The average molecular weight is 309 g/mol. The van der Waals surface area contributed by atoms with Crippen molar-refractivity contribution in [3.05, 3.63) is 48.3 Å². The molecule has 0 unspecified atom stereocenters. The van der Waals surface area contributed by atoms with E-state index in [-0.39, 0.29) is 18.1 Å². The Balaban J connectivity index is 1.99. The molecule has 5 heteroatoms. The van der Waals surface area contributed by atoms with Crippen LogP contribution in [0.1, 0.15) is 24.8 Å². The number of benzene rings is 1. The van der Waals surface area contributed by atoms with E-state index in [0.29, 0.717) is 18.6 Å². The highest BCUT2D eigenvalue weighted by Gasteiger charge is 2.56. The van der Waals surface area contributed by atoms with Gasteiger partial charge < -0.3 is 4.74 Å². The lowest BCUT2D eigenvalue weighted by atomic mass is 9.72. The van der Waals surface area contributed by atoms with Gasteiger partial charge in [0.25, 0.3) is 0 Å². The molecule has 22 heavy (non-hydrogen) atoms. The lowest BCUT2D eigenvalue weighted by Gasteiger charge is -2.40. The molecule has 1 N–H and O–H groups in total. The van der Waals surface area contributed by atoms with E-state index in [0.717, 1.165) is 12.8 Å². The number of ether oxygens (including phenoxy) is 1. The van der Waals surface area contributed by atoms with E-state index in [1.165, 1.54) is 6.07 Å². The lowest BCUT2D eigenvalue weighted by Crippen LogP contribution is -2.52. The zero-order valence-electron chi connectivity index (χ0n) is 12.4. The number of hydroxylamine groups is 1. The van der Waals surface area contributed by atoms with Crippen molar-refractivity contribution in [2.75, 3.05) is 13.3 Å². The molecular weight excluding hydrogens is 288 g/mol. The Morgan fingerprint density at radius 3 is 2.95 bits per heavy atom.